The maximum Gasteiger partial charge on any atom is 0.338 e. The van der Waals surface area contributed by atoms with Gasteiger partial charge in [0.15, 0.2) is 4.80 Å². The Balaban J connectivity index is 1.59. The Bertz CT molecular complexity index is 2140. The molecule has 0 radical (unpaired) electrons. The molecule has 0 fully saturated rings. The van der Waals surface area contributed by atoms with Crippen molar-refractivity contribution >= 4 is 45.9 Å². The van der Waals surface area contributed by atoms with Crippen molar-refractivity contribution in [3.05, 3.63) is 131 Å². The first-order valence-corrected chi connectivity index (χ1v) is 14.7. The van der Waals surface area contributed by atoms with E-state index in [9.17, 15) is 14.0 Å². The van der Waals surface area contributed by atoms with Gasteiger partial charge in [-0.05, 0) is 50.3 Å². The van der Waals surface area contributed by atoms with Crippen molar-refractivity contribution in [1.29, 1.82) is 0 Å². The van der Waals surface area contributed by atoms with Crippen molar-refractivity contribution in [1.82, 2.24) is 9.13 Å². The number of benzene rings is 3. The van der Waals surface area contributed by atoms with E-state index in [2.05, 4.69) is 9.56 Å². The van der Waals surface area contributed by atoms with Gasteiger partial charge < -0.3 is 14.0 Å². The first kappa shape index (κ1) is 28.6. The summed E-state index contributed by atoms with van der Waals surface area (Å²) in [5.74, 6) is -0.412. The van der Waals surface area contributed by atoms with Crippen LogP contribution in [-0.4, -0.2) is 29.3 Å². The zero-order chi connectivity index (χ0) is 30.4. The number of methoxy groups -OCH3 is 2. The molecule has 1 atom stereocenters. The number of fused-ring (bicyclic) bond motifs is 2. The monoisotopic (exact) mass is 615 g/mol. The number of carbonyl (C=O) groups excluding carboxylic acids is 1. The van der Waals surface area contributed by atoms with Crippen molar-refractivity contribution < 1.29 is 18.7 Å². The number of thiazole rings is 1. The first-order chi connectivity index (χ1) is 20.7. The molecule has 3 heterocycles. The van der Waals surface area contributed by atoms with Crippen molar-refractivity contribution in [2.45, 2.75) is 26.4 Å². The summed E-state index contributed by atoms with van der Waals surface area (Å²) in [5, 5.41) is 1.36. The van der Waals surface area contributed by atoms with Crippen LogP contribution in [0.1, 0.15) is 35.3 Å². The van der Waals surface area contributed by atoms with Gasteiger partial charge in [-0.15, -0.1) is 0 Å². The minimum Gasteiger partial charge on any atom is -0.496 e. The fourth-order valence-electron chi connectivity index (χ4n) is 5.68. The Morgan fingerprint density at radius 1 is 1.09 bits per heavy atom. The molecule has 7 nitrogen and oxygen atoms in total. The van der Waals surface area contributed by atoms with E-state index < -0.39 is 12.0 Å². The van der Waals surface area contributed by atoms with Crippen molar-refractivity contribution in [2.75, 3.05) is 14.2 Å². The van der Waals surface area contributed by atoms with Crippen LogP contribution in [0.3, 0.4) is 0 Å². The molecule has 43 heavy (non-hydrogen) atoms. The lowest BCUT2D eigenvalue weighted by molar-refractivity contribution is -0.136. The highest BCUT2D eigenvalue weighted by atomic mass is 35.5. The first-order valence-electron chi connectivity index (χ1n) is 13.5. The standard InChI is InChI=1S/C33H27ClFN3O4S/c1-18-29(32(40)42-4)30(24-15-21(34)13-14-27(24)41-3)38-31(39)28(43-33(38)36-18)16-23-19(2)37(26-12-8-6-10-22(23)26)17-20-9-5-7-11-25(20)35/h5-16,30H,17H2,1-4H3/b28-16-/t30-/m0/s1. The van der Waals surface area contributed by atoms with Crippen LogP contribution in [-0.2, 0) is 16.1 Å². The highest BCUT2D eigenvalue weighted by Crippen LogP contribution is 2.37. The summed E-state index contributed by atoms with van der Waals surface area (Å²) in [4.78, 5) is 32.4. The summed E-state index contributed by atoms with van der Waals surface area (Å²) >= 11 is 7.61. The van der Waals surface area contributed by atoms with E-state index in [1.807, 2.05) is 43.3 Å². The van der Waals surface area contributed by atoms with Gasteiger partial charge in [0, 0.05) is 38.3 Å². The number of rotatable bonds is 6. The van der Waals surface area contributed by atoms with E-state index in [1.54, 1.807) is 37.3 Å². The summed E-state index contributed by atoms with van der Waals surface area (Å²) in [5.41, 5.74) is 4.09. The predicted octanol–water partition coefficient (Wildman–Crippen LogP) is 5.52. The summed E-state index contributed by atoms with van der Waals surface area (Å²) < 4.78 is 29.3. The van der Waals surface area contributed by atoms with Crippen LogP contribution >= 0.6 is 22.9 Å². The van der Waals surface area contributed by atoms with Gasteiger partial charge in [0.1, 0.15) is 17.6 Å². The zero-order valence-corrected chi connectivity index (χ0v) is 25.4. The molecule has 10 heteroatoms. The average molecular weight is 616 g/mol. The minimum atomic E-state index is -0.872. The number of ether oxygens (including phenoxy) is 2. The van der Waals surface area contributed by atoms with Gasteiger partial charge in [0.25, 0.3) is 5.56 Å². The van der Waals surface area contributed by atoms with E-state index in [-0.39, 0.29) is 16.9 Å². The molecular formula is C33H27ClFN3O4S. The Kier molecular flexibility index (Phi) is 7.54. The Morgan fingerprint density at radius 3 is 2.58 bits per heavy atom. The van der Waals surface area contributed by atoms with Gasteiger partial charge in [-0.1, -0.05) is 59.3 Å². The van der Waals surface area contributed by atoms with Gasteiger partial charge >= 0.3 is 5.97 Å². The molecule has 218 valence electrons. The lowest BCUT2D eigenvalue weighted by Gasteiger charge is -2.25. The van der Waals surface area contributed by atoms with E-state index in [0.29, 0.717) is 43.5 Å². The van der Waals surface area contributed by atoms with E-state index in [1.165, 1.54) is 36.2 Å². The highest BCUT2D eigenvalue weighted by Gasteiger charge is 2.35. The van der Waals surface area contributed by atoms with Gasteiger partial charge in [-0.2, -0.15) is 0 Å². The average Bonchev–Trinajstić information content (AvgIpc) is 3.45. The van der Waals surface area contributed by atoms with Crippen molar-refractivity contribution in [3.8, 4) is 5.75 Å². The van der Waals surface area contributed by atoms with Crippen LogP contribution in [0.25, 0.3) is 17.0 Å². The number of hydrogen-bond donors (Lipinski definition) is 0. The number of hydrogen-bond acceptors (Lipinski definition) is 6. The molecule has 0 saturated heterocycles. The van der Waals surface area contributed by atoms with Crippen LogP contribution in [0, 0.1) is 12.7 Å². The largest absolute Gasteiger partial charge is 0.496 e. The molecule has 0 saturated carbocycles. The summed E-state index contributed by atoms with van der Waals surface area (Å²) in [6, 6.07) is 18.8. The summed E-state index contributed by atoms with van der Waals surface area (Å²) in [6.45, 7) is 4.01. The van der Waals surface area contributed by atoms with Crippen LogP contribution in [0.2, 0.25) is 5.02 Å². The molecule has 2 aromatic heterocycles. The third-order valence-electron chi connectivity index (χ3n) is 7.75. The SMILES string of the molecule is COC(=O)C1=C(C)N=c2s/c(=C\c3c(C)n(Cc4ccccc4F)c4ccccc34)c(=O)n2[C@H]1c1cc(Cl)ccc1OC. The topological polar surface area (TPSA) is 74.8 Å². The molecule has 0 spiro atoms. The third kappa shape index (κ3) is 4.88. The second-order valence-corrected chi connectivity index (χ2v) is 11.6. The molecule has 0 amide bonds. The molecule has 5 aromatic rings. The molecule has 1 aliphatic rings. The molecule has 0 aliphatic carbocycles. The lowest BCUT2D eigenvalue weighted by atomic mass is 9.95. The molecule has 3 aromatic carbocycles. The molecule has 0 N–H and O–H groups in total. The van der Waals surface area contributed by atoms with Crippen molar-refractivity contribution in [2.24, 2.45) is 4.99 Å². The van der Waals surface area contributed by atoms with E-state index in [4.69, 9.17) is 21.1 Å². The van der Waals surface area contributed by atoms with E-state index >= 15 is 0 Å². The van der Waals surface area contributed by atoms with Crippen molar-refractivity contribution in [3.63, 3.8) is 0 Å². The highest BCUT2D eigenvalue weighted by molar-refractivity contribution is 7.07. The molecular weight excluding hydrogens is 589 g/mol. The van der Waals surface area contributed by atoms with Gasteiger partial charge in [-0.25, -0.2) is 14.2 Å². The van der Waals surface area contributed by atoms with Crippen LogP contribution in [0.5, 0.6) is 5.75 Å². The normalized spacial score (nSPS) is 15.0. The quantitative estimate of drug-likeness (QED) is 0.236. The smallest absolute Gasteiger partial charge is 0.338 e. The van der Waals surface area contributed by atoms with E-state index in [0.717, 1.165) is 22.2 Å². The fraction of sp³-hybridized carbons (Fsp3) is 0.182. The summed E-state index contributed by atoms with van der Waals surface area (Å²) in [7, 11) is 2.81. The number of nitrogens with zero attached hydrogens (tertiary/aromatic N) is 3. The fourth-order valence-corrected chi connectivity index (χ4v) is 6.89. The lowest BCUT2D eigenvalue weighted by Crippen LogP contribution is -2.40. The van der Waals surface area contributed by atoms with Gasteiger partial charge in [0.05, 0.1) is 36.6 Å². The van der Waals surface area contributed by atoms with Gasteiger partial charge in [-0.3, -0.25) is 9.36 Å². The summed E-state index contributed by atoms with van der Waals surface area (Å²) in [6.07, 6.45) is 1.85. The maximum absolute atomic E-state index is 14.6. The number of allylic oxidation sites excluding steroid dienone is 1. The second-order valence-electron chi connectivity index (χ2n) is 10.2. The molecule has 1 aliphatic heterocycles. The molecule has 0 bridgehead atoms. The zero-order valence-electron chi connectivity index (χ0n) is 23.9. The number of carbonyl (C=O) groups is 1. The number of esters is 1. The van der Waals surface area contributed by atoms with Crippen LogP contribution in [0.4, 0.5) is 4.39 Å². The molecule has 0 unspecified atom stereocenters. The number of halogens is 2. The van der Waals surface area contributed by atoms with Crippen LogP contribution < -0.4 is 19.6 Å². The Hall–Kier alpha value is -4.47. The second kappa shape index (κ2) is 11.3. The van der Waals surface area contributed by atoms with Gasteiger partial charge in [0.2, 0.25) is 0 Å². The maximum atomic E-state index is 14.6. The predicted molar refractivity (Wildman–Crippen MR) is 166 cm³/mol. The number of para-hydroxylation sites is 1. The van der Waals surface area contributed by atoms with Crippen LogP contribution in [0.15, 0.2) is 87.8 Å². The molecule has 6 rings (SSSR count). The Morgan fingerprint density at radius 2 is 1.84 bits per heavy atom. The number of aromatic nitrogens is 2. The third-order valence-corrected chi connectivity index (χ3v) is 8.97. The Labute approximate surface area is 255 Å². The minimum absolute atomic E-state index is 0.222.